The quantitative estimate of drug-likeness (QED) is 0.815. The van der Waals surface area contributed by atoms with Crippen LogP contribution in [0.15, 0.2) is 23.3 Å². The van der Waals surface area contributed by atoms with Crippen molar-refractivity contribution in [1.82, 2.24) is 9.88 Å². The molecule has 1 aromatic rings. The first-order valence-corrected chi connectivity index (χ1v) is 6.64. The summed E-state index contributed by atoms with van der Waals surface area (Å²) in [6, 6.07) is 1.67. The van der Waals surface area contributed by atoms with Crippen molar-refractivity contribution in [1.29, 1.82) is 0 Å². The van der Waals surface area contributed by atoms with E-state index in [9.17, 15) is 9.59 Å². The van der Waals surface area contributed by atoms with Gasteiger partial charge in [0.2, 0.25) is 0 Å². The van der Waals surface area contributed by atoms with E-state index in [1.165, 1.54) is 37.9 Å². The summed E-state index contributed by atoms with van der Waals surface area (Å²) in [6.07, 6.45) is 10.00. The van der Waals surface area contributed by atoms with Crippen LogP contribution in [0.1, 0.15) is 48.9 Å². The van der Waals surface area contributed by atoms with Crippen LogP contribution in [0.3, 0.4) is 0 Å². The smallest absolute Gasteiger partial charge is 0.259 e. The minimum absolute atomic E-state index is 0.163. The molecule has 1 aliphatic carbocycles. The normalized spacial score (nSPS) is 17.2. The maximum absolute atomic E-state index is 12.3. The highest BCUT2D eigenvalue weighted by molar-refractivity contribution is 5.93. The molecular weight excluding hydrogens is 228 g/mol. The topological polar surface area (TPSA) is 53.2 Å². The van der Waals surface area contributed by atoms with Gasteiger partial charge < -0.3 is 9.88 Å². The van der Waals surface area contributed by atoms with Gasteiger partial charge in [-0.1, -0.05) is 25.7 Å². The van der Waals surface area contributed by atoms with Crippen LogP contribution in [0, 0.1) is 0 Å². The second-order valence-corrected chi connectivity index (χ2v) is 4.98. The van der Waals surface area contributed by atoms with E-state index < -0.39 is 0 Å². The number of nitrogens with one attached hydrogen (secondary N) is 1. The first-order valence-electron chi connectivity index (χ1n) is 6.64. The Hall–Kier alpha value is -1.58. The number of H-pyrrole nitrogens is 1. The van der Waals surface area contributed by atoms with E-state index in [2.05, 4.69) is 4.98 Å². The zero-order valence-electron chi connectivity index (χ0n) is 10.8. The van der Waals surface area contributed by atoms with Gasteiger partial charge in [0.25, 0.3) is 5.91 Å². The van der Waals surface area contributed by atoms with Crippen molar-refractivity contribution < 1.29 is 4.79 Å². The Labute approximate surface area is 107 Å². The van der Waals surface area contributed by atoms with Gasteiger partial charge >= 0.3 is 0 Å². The van der Waals surface area contributed by atoms with Crippen LogP contribution in [0.4, 0.5) is 0 Å². The van der Waals surface area contributed by atoms with Gasteiger partial charge in [0, 0.05) is 31.5 Å². The number of aromatic nitrogens is 1. The molecular formula is C14H20N2O2. The maximum Gasteiger partial charge on any atom is 0.259 e. The predicted octanol–water partition coefficient (Wildman–Crippen LogP) is 2.17. The number of carbonyl (C=O) groups is 1. The number of pyridine rings is 1. The molecule has 0 unspecified atom stereocenters. The number of rotatable bonds is 2. The van der Waals surface area contributed by atoms with Crippen LogP contribution in [0.5, 0.6) is 0 Å². The average Bonchev–Trinajstić information content (AvgIpc) is 2.66. The third-order valence-electron chi connectivity index (χ3n) is 3.75. The van der Waals surface area contributed by atoms with Gasteiger partial charge in [-0.05, 0) is 12.8 Å². The molecule has 98 valence electrons. The average molecular weight is 248 g/mol. The third-order valence-corrected chi connectivity index (χ3v) is 3.75. The molecule has 1 fully saturated rings. The third kappa shape index (κ3) is 2.81. The van der Waals surface area contributed by atoms with Crippen molar-refractivity contribution in [2.45, 2.75) is 44.6 Å². The van der Waals surface area contributed by atoms with Crippen LogP contribution < -0.4 is 5.43 Å². The van der Waals surface area contributed by atoms with Crippen molar-refractivity contribution in [2.75, 3.05) is 7.05 Å². The fourth-order valence-corrected chi connectivity index (χ4v) is 2.58. The molecule has 1 heterocycles. The van der Waals surface area contributed by atoms with Gasteiger partial charge in [0.1, 0.15) is 5.56 Å². The molecule has 2 rings (SSSR count). The molecule has 1 N–H and O–H groups in total. The van der Waals surface area contributed by atoms with Crippen molar-refractivity contribution >= 4 is 5.91 Å². The second-order valence-electron chi connectivity index (χ2n) is 4.98. The minimum Gasteiger partial charge on any atom is -0.367 e. The molecule has 0 atom stereocenters. The summed E-state index contributed by atoms with van der Waals surface area (Å²) in [5.74, 6) is -0.163. The highest BCUT2D eigenvalue weighted by atomic mass is 16.2. The van der Waals surface area contributed by atoms with Crippen molar-refractivity contribution in [3.8, 4) is 0 Å². The Kier molecular flexibility index (Phi) is 4.18. The molecule has 1 aliphatic rings. The van der Waals surface area contributed by atoms with Gasteiger partial charge in [-0.15, -0.1) is 0 Å². The SMILES string of the molecule is CN(C(=O)c1c[nH]ccc1=O)C1CCCCCC1. The van der Waals surface area contributed by atoms with Crippen molar-refractivity contribution in [3.63, 3.8) is 0 Å². The molecule has 1 amide bonds. The van der Waals surface area contributed by atoms with Crippen LogP contribution in [-0.4, -0.2) is 28.9 Å². The molecule has 4 nitrogen and oxygen atoms in total. The summed E-state index contributed by atoms with van der Waals surface area (Å²) in [6.45, 7) is 0. The van der Waals surface area contributed by atoms with Gasteiger partial charge in [0.05, 0.1) is 0 Å². The summed E-state index contributed by atoms with van der Waals surface area (Å²) in [4.78, 5) is 28.5. The van der Waals surface area contributed by atoms with Crippen molar-refractivity contribution in [3.05, 3.63) is 34.2 Å². The van der Waals surface area contributed by atoms with E-state index in [4.69, 9.17) is 0 Å². The molecule has 0 aromatic carbocycles. The standard InChI is InChI=1S/C14H20N2O2/c1-16(11-6-4-2-3-5-7-11)14(18)12-10-15-9-8-13(12)17/h8-11H,2-7H2,1H3,(H,15,17). The molecule has 4 heteroatoms. The number of hydrogen-bond acceptors (Lipinski definition) is 2. The lowest BCUT2D eigenvalue weighted by Gasteiger charge is -2.27. The monoisotopic (exact) mass is 248 g/mol. The number of carbonyl (C=O) groups excluding carboxylic acids is 1. The number of nitrogens with zero attached hydrogens (tertiary/aromatic N) is 1. The van der Waals surface area contributed by atoms with E-state index in [1.54, 1.807) is 11.1 Å². The fourth-order valence-electron chi connectivity index (χ4n) is 2.58. The van der Waals surface area contributed by atoms with Gasteiger partial charge in [-0.25, -0.2) is 0 Å². The molecule has 0 aliphatic heterocycles. The Balaban J connectivity index is 2.13. The van der Waals surface area contributed by atoms with Crippen molar-refractivity contribution in [2.24, 2.45) is 0 Å². The second kappa shape index (κ2) is 5.85. The van der Waals surface area contributed by atoms with E-state index in [1.807, 2.05) is 7.05 Å². The van der Waals surface area contributed by atoms with Crippen LogP contribution in [0.2, 0.25) is 0 Å². The van der Waals surface area contributed by atoms with Gasteiger partial charge in [-0.2, -0.15) is 0 Å². The molecule has 0 spiro atoms. The first-order chi connectivity index (χ1) is 8.70. The van der Waals surface area contributed by atoms with Crippen LogP contribution in [-0.2, 0) is 0 Å². The number of aromatic amines is 1. The molecule has 1 aromatic heterocycles. The van der Waals surface area contributed by atoms with Crippen LogP contribution >= 0.6 is 0 Å². The summed E-state index contributed by atoms with van der Waals surface area (Å²) in [5.41, 5.74) is 0.0310. The lowest BCUT2D eigenvalue weighted by molar-refractivity contribution is 0.0716. The molecule has 1 saturated carbocycles. The van der Waals surface area contributed by atoms with E-state index >= 15 is 0 Å². The fraction of sp³-hybridized carbons (Fsp3) is 0.571. The number of hydrogen-bond donors (Lipinski definition) is 1. The zero-order valence-corrected chi connectivity index (χ0v) is 10.8. The lowest BCUT2D eigenvalue weighted by Crippen LogP contribution is -2.38. The Morgan fingerprint density at radius 1 is 1.28 bits per heavy atom. The first kappa shape index (κ1) is 12.9. The summed E-state index contributed by atoms with van der Waals surface area (Å²) in [7, 11) is 1.81. The molecule has 0 radical (unpaired) electrons. The molecule has 0 bridgehead atoms. The van der Waals surface area contributed by atoms with Gasteiger partial charge in [0.15, 0.2) is 5.43 Å². The largest absolute Gasteiger partial charge is 0.367 e. The Morgan fingerprint density at radius 3 is 2.56 bits per heavy atom. The Bertz CT molecular complexity index is 459. The maximum atomic E-state index is 12.3. The van der Waals surface area contributed by atoms with Gasteiger partial charge in [-0.3, -0.25) is 9.59 Å². The highest BCUT2D eigenvalue weighted by Gasteiger charge is 2.23. The lowest BCUT2D eigenvalue weighted by atomic mass is 10.1. The molecule has 18 heavy (non-hydrogen) atoms. The minimum atomic E-state index is -0.209. The summed E-state index contributed by atoms with van der Waals surface area (Å²) < 4.78 is 0. The zero-order chi connectivity index (χ0) is 13.0. The molecule has 0 saturated heterocycles. The van der Waals surface area contributed by atoms with E-state index in [-0.39, 0.29) is 22.9 Å². The van der Waals surface area contributed by atoms with E-state index in [0.29, 0.717) is 0 Å². The van der Waals surface area contributed by atoms with Crippen LogP contribution in [0.25, 0.3) is 0 Å². The predicted molar refractivity (Wildman–Crippen MR) is 70.6 cm³/mol. The Morgan fingerprint density at radius 2 is 1.94 bits per heavy atom. The highest BCUT2D eigenvalue weighted by Crippen LogP contribution is 2.21. The summed E-state index contributed by atoms with van der Waals surface area (Å²) in [5, 5.41) is 0. The summed E-state index contributed by atoms with van der Waals surface area (Å²) >= 11 is 0. The number of amides is 1. The van der Waals surface area contributed by atoms with E-state index in [0.717, 1.165) is 12.8 Å².